The van der Waals surface area contributed by atoms with E-state index in [-0.39, 0.29) is 28.6 Å². The molecular weight excluding hydrogens is 472 g/mol. The fourth-order valence-electron chi connectivity index (χ4n) is 4.00. The number of fused-ring (bicyclic) bond motifs is 1. The number of nitrogens with zero attached hydrogens (tertiary/aromatic N) is 1. The van der Waals surface area contributed by atoms with E-state index in [1.165, 1.54) is 35.2 Å². The summed E-state index contributed by atoms with van der Waals surface area (Å²) >= 11 is 6.14. The lowest BCUT2D eigenvalue weighted by Crippen LogP contribution is -2.36. The summed E-state index contributed by atoms with van der Waals surface area (Å²) in [7, 11) is 0. The van der Waals surface area contributed by atoms with Crippen molar-refractivity contribution in [1.82, 2.24) is 5.32 Å². The molecule has 0 aromatic heterocycles. The Morgan fingerprint density at radius 2 is 1.65 bits per heavy atom. The van der Waals surface area contributed by atoms with Gasteiger partial charge in [0, 0.05) is 46.1 Å². The van der Waals surface area contributed by atoms with Crippen LogP contribution in [0.1, 0.15) is 40.9 Å². The summed E-state index contributed by atoms with van der Waals surface area (Å²) in [6, 6.07) is 9.84. The molecule has 3 aromatic carbocycles. The summed E-state index contributed by atoms with van der Waals surface area (Å²) in [5, 5.41) is 2.56. The standard InChI is InChI=1S/C25H19ClF4N2O2/c1-25(2)17-7-6-13(23(33)31-11-15-20(29)9-14(27)10-21(15)30)8-22(17)32(24(25)34)12-16-18(26)4-3-5-19(16)28/h3-10H,11-12H2,1-2H3,(H,31,33). The van der Waals surface area contributed by atoms with Crippen LogP contribution >= 0.6 is 11.6 Å². The second-order valence-corrected chi connectivity index (χ2v) is 8.89. The van der Waals surface area contributed by atoms with Gasteiger partial charge in [0.1, 0.15) is 23.3 Å². The van der Waals surface area contributed by atoms with Gasteiger partial charge in [-0.25, -0.2) is 17.6 Å². The summed E-state index contributed by atoms with van der Waals surface area (Å²) in [4.78, 5) is 27.2. The zero-order valence-electron chi connectivity index (χ0n) is 18.2. The second kappa shape index (κ2) is 8.76. The van der Waals surface area contributed by atoms with Gasteiger partial charge in [0.05, 0.1) is 12.0 Å². The predicted octanol–water partition coefficient (Wildman–Crippen LogP) is 5.65. The van der Waals surface area contributed by atoms with Crippen LogP contribution < -0.4 is 10.2 Å². The molecule has 4 rings (SSSR count). The van der Waals surface area contributed by atoms with Crippen LogP contribution in [0.15, 0.2) is 48.5 Å². The molecular formula is C25H19ClF4N2O2. The number of hydrogen-bond acceptors (Lipinski definition) is 2. The Morgan fingerprint density at radius 3 is 2.29 bits per heavy atom. The van der Waals surface area contributed by atoms with Gasteiger partial charge in [-0.15, -0.1) is 0 Å². The number of amides is 2. The van der Waals surface area contributed by atoms with Crippen molar-refractivity contribution in [2.24, 2.45) is 0 Å². The van der Waals surface area contributed by atoms with E-state index in [2.05, 4.69) is 5.32 Å². The molecule has 0 saturated heterocycles. The van der Waals surface area contributed by atoms with Crippen LogP contribution in [0.25, 0.3) is 0 Å². The molecule has 2 amide bonds. The van der Waals surface area contributed by atoms with Crippen molar-refractivity contribution in [3.8, 4) is 0 Å². The normalized spacial score (nSPS) is 14.3. The SMILES string of the molecule is CC1(C)C(=O)N(Cc2c(F)cccc2Cl)c2cc(C(=O)NCc3c(F)cc(F)cc3F)ccc21. The van der Waals surface area contributed by atoms with Crippen LogP contribution in [0.3, 0.4) is 0 Å². The third kappa shape index (κ3) is 4.14. The summed E-state index contributed by atoms with van der Waals surface area (Å²) in [6.45, 7) is 2.79. The maximum absolute atomic E-state index is 14.4. The van der Waals surface area contributed by atoms with Crippen LogP contribution in [-0.4, -0.2) is 11.8 Å². The van der Waals surface area contributed by atoms with Crippen LogP contribution in [0.5, 0.6) is 0 Å². The fraction of sp³-hybridized carbons (Fsp3) is 0.200. The van der Waals surface area contributed by atoms with E-state index < -0.39 is 46.7 Å². The molecule has 0 fully saturated rings. The van der Waals surface area contributed by atoms with E-state index in [1.807, 2.05) is 0 Å². The largest absolute Gasteiger partial charge is 0.348 e. The zero-order valence-corrected chi connectivity index (χ0v) is 18.9. The fourth-order valence-corrected chi connectivity index (χ4v) is 4.22. The number of carbonyl (C=O) groups is 2. The lowest BCUT2D eigenvalue weighted by Gasteiger charge is -2.21. The number of nitrogens with one attached hydrogen (secondary N) is 1. The molecule has 0 spiro atoms. The van der Waals surface area contributed by atoms with Crippen molar-refractivity contribution in [1.29, 1.82) is 0 Å². The topological polar surface area (TPSA) is 49.4 Å². The Morgan fingerprint density at radius 1 is 0.971 bits per heavy atom. The molecule has 0 radical (unpaired) electrons. The van der Waals surface area contributed by atoms with Crippen molar-refractivity contribution in [2.75, 3.05) is 4.90 Å². The molecule has 3 aromatic rings. The second-order valence-electron chi connectivity index (χ2n) is 8.48. The maximum Gasteiger partial charge on any atom is 0.251 e. The van der Waals surface area contributed by atoms with E-state index in [0.717, 1.165) is 0 Å². The molecule has 0 bridgehead atoms. The van der Waals surface area contributed by atoms with Crippen LogP contribution in [0, 0.1) is 23.3 Å². The average Bonchev–Trinajstić information content (AvgIpc) is 2.95. The first-order chi connectivity index (χ1) is 16.0. The quantitative estimate of drug-likeness (QED) is 0.470. The van der Waals surface area contributed by atoms with Crippen molar-refractivity contribution in [3.63, 3.8) is 0 Å². The Labute approximate surface area is 198 Å². The molecule has 176 valence electrons. The predicted molar refractivity (Wildman–Crippen MR) is 120 cm³/mol. The van der Waals surface area contributed by atoms with Gasteiger partial charge in [-0.05, 0) is 43.7 Å². The van der Waals surface area contributed by atoms with E-state index in [9.17, 15) is 27.2 Å². The number of carbonyl (C=O) groups excluding carboxylic acids is 2. The first-order valence-corrected chi connectivity index (χ1v) is 10.7. The number of hydrogen-bond donors (Lipinski definition) is 1. The van der Waals surface area contributed by atoms with Gasteiger partial charge in [0.2, 0.25) is 5.91 Å². The highest BCUT2D eigenvalue weighted by Crippen LogP contribution is 2.43. The number of rotatable bonds is 5. The molecule has 0 atom stereocenters. The molecule has 1 heterocycles. The zero-order chi connectivity index (χ0) is 24.8. The lowest BCUT2D eigenvalue weighted by atomic mass is 9.86. The van der Waals surface area contributed by atoms with Crippen molar-refractivity contribution in [3.05, 3.63) is 99.1 Å². The Balaban J connectivity index is 1.63. The molecule has 0 saturated carbocycles. The van der Waals surface area contributed by atoms with E-state index in [1.54, 1.807) is 19.9 Å². The summed E-state index contributed by atoms with van der Waals surface area (Å²) in [5.74, 6) is -4.82. The molecule has 0 aliphatic carbocycles. The maximum atomic E-state index is 14.4. The van der Waals surface area contributed by atoms with Gasteiger partial charge < -0.3 is 10.2 Å². The molecule has 34 heavy (non-hydrogen) atoms. The van der Waals surface area contributed by atoms with Crippen LogP contribution in [0.2, 0.25) is 5.02 Å². The summed E-state index contributed by atoms with van der Waals surface area (Å²) in [6.07, 6.45) is 0. The minimum atomic E-state index is -1.12. The molecule has 1 aliphatic rings. The Hall–Kier alpha value is -3.39. The average molecular weight is 491 g/mol. The number of halogens is 5. The van der Waals surface area contributed by atoms with Gasteiger partial charge in [-0.1, -0.05) is 23.7 Å². The van der Waals surface area contributed by atoms with E-state index in [4.69, 9.17) is 11.6 Å². The first kappa shape index (κ1) is 23.8. The van der Waals surface area contributed by atoms with Crippen molar-refractivity contribution < 1.29 is 27.2 Å². The Bertz CT molecular complexity index is 1280. The monoisotopic (exact) mass is 490 g/mol. The highest BCUT2D eigenvalue weighted by atomic mass is 35.5. The van der Waals surface area contributed by atoms with E-state index in [0.29, 0.717) is 23.4 Å². The lowest BCUT2D eigenvalue weighted by molar-refractivity contribution is -0.122. The molecule has 0 unspecified atom stereocenters. The third-order valence-corrected chi connectivity index (χ3v) is 6.27. The molecule has 9 heteroatoms. The first-order valence-electron chi connectivity index (χ1n) is 10.3. The van der Waals surface area contributed by atoms with Gasteiger partial charge in [-0.2, -0.15) is 0 Å². The molecule has 4 nitrogen and oxygen atoms in total. The highest BCUT2D eigenvalue weighted by Gasteiger charge is 2.44. The van der Waals surface area contributed by atoms with Gasteiger partial charge >= 0.3 is 0 Å². The molecule has 1 N–H and O–H groups in total. The van der Waals surface area contributed by atoms with Gasteiger partial charge in [0.15, 0.2) is 0 Å². The molecule has 1 aliphatic heterocycles. The summed E-state index contributed by atoms with van der Waals surface area (Å²) in [5.41, 5.74) is -0.112. The van der Waals surface area contributed by atoms with Gasteiger partial charge in [-0.3, -0.25) is 9.59 Å². The highest BCUT2D eigenvalue weighted by molar-refractivity contribution is 6.31. The number of anilines is 1. The summed E-state index contributed by atoms with van der Waals surface area (Å²) < 4.78 is 55.3. The number of benzene rings is 3. The smallest absolute Gasteiger partial charge is 0.251 e. The minimum Gasteiger partial charge on any atom is -0.348 e. The van der Waals surface area contributed by atoms with Crippen molar-refractivity contribution >= 4 is 29.1 Å². The van der Waals surface area contributed by atoms with E-state index >= 15 is 0 Å². The van der Waals surface area contributed by atoms with Crippen molar-refractivity contribution in [2.45, 2.75) is 32.4 Å². The minimum absolute atomic E-state index is 0.122. The Kier molecular flexibility index (Phi) is 6.12. The van der Waals surface area contributed by atoms with Crippen LogP contribution in [0.4, 0.5) is 23.2 Å². The van der Waals surface area contributed by atoms with Crippen LogP contribution in [-0.2, 0) is 23.3 Å². The third-order valence-electron chi connectivity index (χ3n) is 5.91. The van der Waals surface area contributed by atoms with Gasteiger partial charge in [0.25, 0.3) is 5.91 Å².